The van der Waals surface area contributed by atoms with Gasteiger partial charge in [-0.1, -0.05) is 19.9 Å². The van der Waals surface area contributed by atoms with Crippen molar-refractivity contribution in [3.8, 4) is 11.4 Å². The first-order valence-electron chi connectivity index (χ1n) is 12.6. The topological polar surface area (TPSA) is 149 Å². The Morgan fingerprint density at radius 3 is 2.81 bits per heavy atom. The molecular weight excluding hydrogens is 456 g/mol. The molecule has 1 aliphatic carbocycles. The van der Waals surface area contributed by atoms with Crippen LogP contribution < -0.4 is 21.7 Å². The fourth-order valence-electron chi connectivity index (χ4n) is 5.43. The second-order valence-corrected chi connectivity index (χ2v) is 10.9. The minimum absolute atomic E-state index is 0.0198. The maximum absolute atomic E-state index is 12.8. The fourth-order valence-corrected chi connectivity index (χ4v) is 5.43. The van der Waals surface area contributed by atoms with Gasteiger partial charge < -0.3 is 26.3 Å². The van der Waals surface area contributed by atoms with E-state index >= 15 is 0 Å². The molecule has 3 heterocycles. The van der Waals surface area contributed by atoms with Gasteiger partial charge in [0.05, 0.1) is 25.5 Å². The van der Waals surface area contributed by atoms with Crippen LogP contribution in [0.4, 0.5) is 5.69 Å². The molecule has 3 aromatic rings. The van der Waals surface area contributed by atoms with Crippen LogP contribution in [-0.2, 0) is 22.4 Å². The summed E-state index contributed by atoms with van der Waals surface area (Å²) in [7, 11) is 1.66. The van der Waals surface area contributed by atoms with Gasteiger partial charge in [0.2, 0.25) is 0 Å². The van der Waals surface area contributed by atoms with Crippen molar-refractivity contribution < 1.29 is 9.59 Å². The minimum atomic E-state index is -1.09. The number of likely N-dealkylation sites (tertiary alicyclic amines) is 1. The van der Waals surface area contributed by atoms with E-state index in [1.807, 2.05) is 23.1 Å². The molecule has 2 aromatic heterocycles. The molecule has 5 rings (SSSR count). The average Bonchev–Trinajstić information content (AvgIpc) is 3.53. The predicted molar refractivity (Wildman–Crippen MR) is 140 cm³/mol. The van der Waals surface area contributed by atoms with Crippen LogP contribution in [0.2, 0.25) is 0 Å². The number of aromatic nitrogens is 3. The summed E-state index contributed by atoms with van der Waals surface area (Å²) in [6.45, 7) is 5.36. The summed E-state index contributed by atoms with van der Waals surface area (Å²) in [5.41, 5.74) is 17.6. The number of Topliss-reactive ketones (excluding diaryl/α,β-unsaturated/α-hetero) is 1. The van der Waals surface area contributed by atoms with Crippen molar-refractivity contribution in [1.82, 2.24) is 25.4 Å². The van der Waals surface area contributed by atoms with Crippen molar-refractivity contribution >= 4 is 28.3 Å². The van der Waals surface area contributed by atoms with Crippen molar-refractivity contribution in [2.45, 2.75) is 45.2 Å². The lowest BCUT2D eigenvalue weighted by atomic mass is 9.76. The summed E-state index contributed by atoms with van der Waals surface area (Å²) in [6, 6.07) is 8.12. The second-order valence-electron chi connectivity index (χ2n) is 10.9. The SMILES string of the molecule is CNC1(N)CCN(CC(=O)CN(CN)c2ccc3cc(-c4n[nH]c5c4CCC(C)(C)C5)[nH]c3c2)C1=O. The van der Waals surface area contributed by atoms with Gasteiger partial charge in [-0.25, -0.2) is 0 Å². The van der Waals surface area contributed by atoms with Gasteiger partial charge in [0, 0.05) is 40.8 Å². The third kappa shape index (κ3) is 4.40. The molecule has 1 aliphatic heterocycles. The summed E-state index contributed by atoms with van der Waals surface area (Å²) < 4.78 is 0. The molecule has 1 atom stereocenters. The van der Waals surface area contributed by atoms with Gasteiger partial charge in [-0.15, -0.1) is 0 Å². The summed E-state index contributed by atoms with van der Waals surface area (Å²) in [6.07, 6.45) is 3.63. The third-order valence-electron chi connectivity index (χ3n) is 7.73. The number of anilines is 1. The highest BCUT2D eigenvalue weighted by atomic mass is 16.2. The normalized spacial score (nSPS) is 21.2. The lowest BCUT2D eigenvalue weighted by molar-refractivity contribution is -0.136. The van der Waals surface area contributed by atoms with Crippen LogP contribution in [0.1, 0.15) is 37.9 Å². The Hall–Kier alpha value is -3.21. The molecule has 1 unspecified atom stereocenters. The highest BCUT2D eigenvalue weighted by Crippen LogP contribution is 2.38. The lowest BCUT2D eigenvalue weighted by Crippen LogP contribution is -2.58. The van der Waals surface area contributed by atoms with Crippen molar-refractivity contribution in [1.29, 1.82) is 0 Å². The molecule has 1 aromatic carbocycles. The molecule has 2 aliphatic rings. The molecule has 0 saturated carbocycles. The first kappa shape index (κ1) is 24.5. The van der Waals surface area contributed by atoms with Gasteiger partial charge in [-0.3, -0.25) is 20.0 Å². The van der Waals surface area contributed by atoms with Crippen LogP contribution in [0.5, 0.6) is 0 Å². The number of carbonyl (C=O) groups is 2. The number of amides is 1. The molecule has 10 nitrogen and oxygen atoms in total. The number of fused-ring (bicyclic) bond motifs is 2. The van der Waals surface area contributed by atoms with E-state index < -0.39 is 5.66 Å². The van der Waals surface area contributed by atoms with Gasteiger partial charge in [0.15, 0.2) is 5.78 Å². The highest BCUT2D eigenvalue weighted by Gasteiger charge is 2.42. The minimum Gasteiger partial charge on any atom is -0.353 e. The van der Waals surface area contributed by atoms with Crippen molar-refractivity contribution in [3.05, 3.63) is 35.5 Å². The van der Waals surface area contributed by atoms with Crippen molar-refractivity contribution in [3.63, 3.8) is 0 Å². The molecule has 7 N–H and O–H groups in total. The van der Waals surface area contributed by atoms with Crippen LogP contribution in [0.15, 0.2) is 24.3 Å². The fraction of sp³-hybridized carbons (Fsp3) is 0.500. The quantitative estimate of drug-likeness (QED) is 0.299. The maximum atomic E-state index is 12.8. The molecular formula is C26H36N8O2. The molecule has 10 heteroatoms. The summed E-state index contributed by atoms with van der Waals surface area (Å²) in [5.74, 6) is -0.338. The molecule has 1 amide bonds. The van der Waals surface area contributed by atoms with E-state index in [4.69, 9.17) is 11.5 Å². The van der Waals surface area contributed by atoms with Gasteiger partial charge >= 0.3 is 0 Å². The molecule has 36 heavy (non-hydrogen) atoms. The van der Waals surface area contributed by atoms with Crippen LogP contribution in [0.25, 0.3) is 22.3 Å². The standard InChI is InChI=1S/C26H36N8O2/c1-25(2)7-6-19-22(12-25)31-32-23(19)21-10-16-4-5-17(11-20(16)30-21)34(15-27)14-18(35)13-33-9-8-26(28,29-3)24(33)36/h4-5,10-11,29-30H,6-9,12-15,27-28H2,1-3H3,(H,31,32). The Balaban J connectivity index is 1.31. The molecule has 1 fully saturated rings. The number of aromatic amines is 2. The number of ketones is 1. The van der Waals surface area contributed by atoms with E-state index in [1.165, 1.54) is 16.2 Å². The number of nitrogens with two attached hydrogens (primary N) is 2. The van der Waals surface area contributed by atoms with Crippen LogP contribution in [0.3, 0.4) is 0 Å². The van der Waals surface area contributed by atoms with E-state index in [1.54, 1.807) is 7.05 Å². The van der Waals surface area contributed by atoms with Crippen LogP contribution in [0, 0.1) is 5.41 Å². The third-order valence-corrected chi connectivity index (χ3v) is 7.73. The maximum Gasteiger partial charge on any atom is 0.257 e. The molecule has 0 spiro atoms. The van der Waals surface area contributed by atoms with E-state index in [0.717, 1.165) is 47.2 Å². The Kier molecular flexibility index (Phi) is 6.14. The molecule has 192 valence electrons. The Morgan fingerprint density at radius 1 is 1.28 bits per heavy atom. The van der Waals surface area contributed by atoms with Gasteiger partial charge in [-0.05, 0) is 49.9 Å². The van der Waals surface area contributed by atoms with E-state index in [-0.39, 0.29) is 36.9 Å². The zero-order valence-electron chi connectivity index (χ0n) is 21.3. The monoisotopic (exact) mass is 492 g/mol. The Bertz CT molecular complexity index is 1310. The highest BCUT2D eigenvalue weighted by molar-refractivity contribution is 5.94. The van der Waals surface area contributed by atoms with Crippen molar-refractivity contribution in [2.24, 2.45) is 16.9 Å². The average molecular weight is 493 g/mol. The largest absolute Gasteiger partial charge is 0.353 e. The van der Waals surface area contributed by atoms with Gasteiger partial charge in [-0.2, -0.15) is 5.10 Å². The first-order chi connectivity index (χ1) is 17.1. The number of nitrogens with one attached hydrogen (secondary N) is 3. The molecule has 0 bridgehead atoms. The molecule has 1 saturated heterocycles. The number of hydrogen-bond acceptors (Lipinski definition) is 7. The van der Waals surface area contributed by atoms with Crippen LogP contribution in [-0.4, -0.2) is 70.8 Å². The smallest absolute Gasteiger partial charge is 0.257 e. The second kappa shape index (κ2) is 9.02. The Labute approximate surface area is 210 Å². The number of likely N-dealkylation sites (N-methyl/N-ethyl adjacent to an activating group) is 1. The van der Waals surface area contributed by atoms with E-state index in [2.05, 4.69) is 40.4 Å². The summed E-state index contributed by atoms with van der Waals surface area (Å²) in [4.78, 5) is 32.2. The zero-order valence-corrected chi connectivity index (χ0v) is 21.3. The lowest BCUT2D eigenvalue weighted by Gasteiger charge is -2.28. The number of rotatable bonds is 8. The van der Waals surface area contributed by atoms with E-state index in [9.17, 15) is 9.59 Å². The van der Waals surface area contributed by atoms with Crippen molar-refractivity contribution in [2.75, 3.05) is 38.3 Å². The number of H-pyrrole nitrogens is 2. The first-order valence-corrected chi connectivity index (χ1v) is 12.6. The number of benzene rings is 1. The van der Waals surface area contributed by atoms with Gasteiger partial charge in [0.25, 0.3) is 5.91 Å². The van der Waals surface area contributed by atoms with Crippen LogP contribution >= 0.6 is 0 Å². The van der Waals surface area contributed by atoms with Gasteiger partial charge in [0.1, 0.15) is 11.4 Å². The molecule has 0 radical (unpaired) electrons. The predicted octanol–water partition coefficient (Wildman–Crippen LogP) is 1.47. The zero-order chi connectivity index (χ0) is 25.7. The number of nitrogens with zero attached hydrogens (tertiary/aromatic N) is 3. The summed E-state index contributed by atoms with van der Waals surface area (Å²) in [5, 5.41) is 11.8. The number of hydrogen-bond donors (Lipinski definition) is 5. The Morgan fingerprint density at radius 2 is 2.08 bits per heavy atom. The van der Waals surface area contributed by atoms with E-state index in [0.29, 0.717) is 13.0 Å². The number of carbonyl (C=O) groups excluding carboxylic acids is 2. The summed E-state index contributed by atoms with van der Waals surface area (Å²) >= 11 is 0.